The second-order valence-electron chi connectivity index (χ2n) is 6.67. The molecule has 1 amide bonds. The van der Waals surface area contributed by atoms with E-state index in [9.17, 15) is 18.7 Å². The molecule has 2 atom stereocenters. The van der Waals surface area contributed by atoms with Crippen molar-refractivity contribution in [3.63, 3.8) is 0 Å². The van der Waals surface area contributed by atoms with Crippen LogP contribution in [0.1, 0.15) is 33.6 Å². The molecular weight excluding hydrogens is 254 g/mol. The minimum Gasteiger partial charge on any atom is -0.465 e. The van der Waals surface area contributed by atoms with Crippen LogP contribution in [0, 0.1) is 5.41 Å². The molecule has 6 heteroatoms. The van der Waals surface area contributed by atoms with Gasteiger partial charge in [-0.05, 0) is 11.8 Å². The van der Waals surface area contributed by atoms with Crippen molar-refractivity contribution in [3.8, 4) is 0 Å². The summed E-state index contributed by atoms with van der Waals surface area (Å²) < 4.78 is 27.0. The number of nitrogens with zero attached hydrogens (tertiary/aromatic N) is 2. The third kappa shape index (κ3) is 2.68. The van der Waals surface area contributed by atoms with Gasteiger partial charge in [-0.3, -0.25) is 4.90 Å². The van der Waals surface area contributed by atoms with Crippen molar-refractivity contribution in [2.45, 2.75) is 51.6 Å². The van der Waals surface area contributed by atoms with Crippen molar-refractivity contribution in [2.24, 2.45) is 5.41 Å². The highest BCUT2D eigenvalue weighted by molar-refractivity contribution is 5.65. The zero-order valence-electron chi connectivity index (χ0n) is 11.7. The summed E-state index contributed by atoms with van der Waals surface area (Å²) in [5.41, 5.74) is -0.254. The summed E-state index contributed by atoms with van der Waals surface area (Å²) in [5.74, 6) is -2.60. The summed E-state index contributed by atoms with van der Waals surface area (Å²) in [6, 6.07) is -0.941. The van der Waals surface area contributed by atoms with Gasteiger partial charge in [0.1, 0.15) is 0 Å². The summed E-state index contributed by atoms with van der Waals surface area (Å²) in [6.07, 6.45) is -0.492. The molecule has 1 saturated heterocycles. The zero-order chi connectivity index (χ0) is 14.4. The Hall–Kier alpha value is -0.910. The van der Waals surface area contributed by atoms with Gasteiger partial charge in [-0.1, -0.05) is 20.8 Å². The molecule has 1 aliphatic heterocycles. The molecule has 0 spiro atoms. The van der Waals surface area contributed by atoms with Crippen molar-refractivity contribution < 1.29 is 18.7 Å². The van der Waals surface area contributed by atoms with Crippen LogP contribution in [0.5, 0.6) is 0 Å². The van der Waals surface area contributed by atoms with E-state index >= 15 is 0 Å². The highest BCUT2D eigenvalue weighted by atomic mass is 19.3. The van der Waals surface area contributed by atoms with E-state index in [1.54, 1.807) is 4.90 Å². The smallest absolute Gasteiger partial charge is 0.407 e. The molecule has 19 heavy (non-hydrogen) atoms. The Bertz CT molecular complexity index is 368. The quantitative estimate of drug-likeness (QED) is 0.800. The van der Waals surface area contributed by atoms with Gasteiger partial charge in [-0.25, -0.2) is 13.6 Å². The predicted octanol–water partition coefficient (Wildman–Crippen LogP) is 2.49. The maximum absolute atomic E-state index is 13.5. The lowest BCUT2D eigenvalue weighted by molar-refractivity contribution is -0.162. The standard InChI is InChI=1S/C13H22F2N2O2/c1-12(2,3)10-8-16(6-7-17(10)11(18)19)9-4-5-13(9,14)15/h9-10H,4-8H2,1-3H3,(H,18,19). The fraction of sp³-hybridized carbons (Fsp3) is 0.923. The number of halogens is 2. The first kappa shape index (κ1) is 14.5. The van der Waals surface area contributed by atoms with Gasteiger partial charge in [0.05, 0.1) is 12.1 Å². The van der Waals surface area contributed by atoms with Crippen LogP contribution in [0.4, 0.5) is 13.6 Å². The number of hydrogen-bond donors (Lipinski definition) is 1. The van der Waals surface area contributed by atoms with Crippen molar-refractivity contribution >= 4 is 6.09 Å². The molecule has 0 radical (unpaired) electrons. The third-order valence-corrected chi connectivity index (χ3v) is 4.34. The molecule has 0 aromatic heterocycles. The molecule has 4 nitrogen and oxygen atoms in total. The summed E-state index contributed by atoms with van der Waals surface area (Å²) >= 11 is 0. The Balaban J connectivity index is 2.11. The number of piperazine rings is 1. The van der Waals surface area contributed by atoms with Gasteiger partial charge in [0.15, 0.2) is 0 Å². The first-order valence-corrected chi connectivity index (χ1v) is 6.74. The maximum Gasteiger partial charge on any atom is 0.407 e. The summed E-state index contributed by atoms with van der Waals surface area (Å²) in [4.78, 5) is 14.4. The maximum atomic E-state index is 13.5. The normalized spacial score (nSPS) is 31.9. The van der Waals surface area contributed by atoms with E-state index in [1.807, 2.05) is 20.8 Å². The average Bonchev–Trinajstić information content (AvgIpc) is 2.26. The molecule has 1 N–H and O–H groups in total. The lowest BCUT2D eigenvalue weighted by Crippen LogP contribution is -2.65. The molecule has 2 unspecified atom stereocenters. The van der Waals surface area contributed by atoms with Crippen LogP contribution < -0.4 is 0 Å². The fourth-order valence-electron chi connectivity index (χ4n) is 3.00. The minimum absolute atomic E-state index is 0.0446. The second-order valence-corrected chi connectivity index (χ2v) is 6.67. The molecule has 1 aliphatic carbocycles. The zero-order valence-corrected chi connectivity index (χ0v) is 11.7. The van der Waals surface area contributed by atoms with Gasteiger partial charge >= 0.3 is 6.09 Å². The van der Waals surface area contributed by atoms with Crippen LogP contribution in [0.15, 0.2) is 0 Å². The van der Waals surface area contributed by atoms with Gasteiger partial charge < -0.3 is 10.0 Å². The number of hydrogen-bond acceptors (Lipinski definition) is 2. The Morgan fingerprint density at radius 1 is 1.32 bits per heavy atom. The van der Waals surface area contributed by atoms with Crippen LogP contribution >= 0.6 is 0 Å². The van der Waals surface area contributed by atoms with Crippen LogP contribution in [0.25, 0.3) is 0 Å². The number of carbonyl (C=O) groups is 1. The number of rotatable bonds is 1. The molecular formula is C13H22F2N2O2. The Morgan fingerprint density at radius 2 is 1.95 bits per heavy atom. The van der Waals surface area contributed by atoms with Gasteiger partial charge in [-0.15, -0.1) is 0 Å². The van der Waals surface area contributed by atoms with E-state index < -0.39 is 18.1 Å². The van der Waals surface area contributed by atoms with Crippen molar-refractivity contribution in [1.82, 2.24) is 9.80 Å². The summed E-state index contributed by atoms with van der Waals surface area (Å²) in [6.45, 7) is 6.97. The van der Waals surface area contributed by atoms with E-state index in [0.29, 0.717) is 26.1 Å². The van der Waals surface area contributed by atoms with Crippen LogP contribution in [-0.4, -0.2) is 58.6 Å². The van der Waals surface area contributed by atoms with E-state index in [4.69, 9.17) is 0 Å². The van der Waals surface area contributed by atoms with Gasteiger partial charge in [0.25, 0.3) is 5.92 Å². The Kier molecular flexibility index (Phi) is 3.49. The molecule has 1 saturated carbocycles. The average molecular weight is 276 g/mol. The van der Waals surface area contributed by atoms with Crippen LogP contribution in [0.3, 0.4) is 0 Å². The van der Waals surface area contributed by atoms with E-state index in [0.717, 1.165) is 0 Å². The van der Waals surface area contributed by atoms with E-state index in [1.165, 1.54) is 4.90 Å². The number of alkyl halides is 2. The third-order valence-electron chi connectivity index (χ3n) is 4.34. The van der Waals surface area contributed by atoms with Crippen LogP contribution in [-0.2, 0) is 0 Å². The van der Waals surface area contributed by atoms with Crippen molar-refractivity contribution in [2.75, 3.05) is 19.6 Å². The molecule has 1 heterocycles. The highest BCUT2D eigenvalue weighted by Gasteiger charge is 2.53. The second kappa shape index (κ2) is 4.58. The Morgan fingerprint density at radius 3 is 2.32 bits per heavy atom. The Labute approximate surface area is 112 Å². The minimum atomic E-state index is -2.60. The van der Waals surface area contributed by atoms with E-state index in [2.05, 4.69) is 0 Å². The van der Waals surface area contributed by atoms with Gasteiger partial charge in [0.2, 0.25) is 0 Å². The first-order valence-electron chi connectivity index (χ1n) is 6.74. The summed E-state index contributed by atoms with van der Waals surface area (Å²) in [7, 11) is 0. The molecule has 0 aromatic rings. The number of amides is 1. The van der Waals surface area contributed by atoms with E-state index in [-0.39, 0.29) is 17.9 Å². The lowest BCUT2D eigenvalue weighted by Gasteiger charge is -2.52. The van der Waals surface area contributed by atoms with Crippen molar-refractivity contribution in [3.05, 3.63) is 0 Å². The number of carboxylic acid groups (broad SMARTS) is 1. The molecule has 2 rings (SSSR count). The molecule has 110 valence electrons. The fourth-order valence-corrected chi connectivity index (χ4v) is 3.00. The first-order chi connectivity index (χ1) is 8.63. The lowest BCUT2D eigenvalue weighted by atomic mass is 9.81. The van der Waals surface area contributed by atoms with Crippen molar-refractivity contribution in [1.29, 1.82) is 0 Å². The SMILES string of the molecule is CC(C)(C)C1CN(C2CCC2(F)F)CCN1C(=O)O. The topological polar surface area (TPSA) is 43.8 Å². The van der Waals surface area contributed by atoms with Gasteiger partial charge in [0, 0.05) is 26.1 Å². The largest absolute Gasteiger partial charge is 0.465 e. The molecule has 2 fully saturated rings. The molecule has 2 aliphatic rings. The van der Waals surface area contributed by atoms with Crippen LogP contribution in [0.2, 0.25) is 0 Å². The monoisotopic (exact) mass is 276 g/mol. The van der Waals surface area contributed by atoms with Gasteiger partial charge in [-0.2, -0.15) is 0 Å². The predicted molar refractivity (Wildman–Crippen MR) is 67.5 cm³/mol. The highest BCUT2D eigenvalue weighted by Crippen LogP contribution is 2.42. The molecule has 0 bridgehead atoms. The molecule has 0 aromatic carbocycles. The summed E-state index contributed by atoms with van der Waals surface area (Å²) in [5, 5.41) is 9.23.